The van der Waals surface area contributed by atoms with E-state index in [1.165, 1.54) is 13.0 Å². The number of nitrogens with one attached hydrogen (secondary N) is 1. The summed E-state index contributed by atoms with van der Waals surface area (Å²) in [6, 6.07) is 7.61. The average molecular weight is 532 g/mol. The molecule has 0 unspecified atom stereocenters. The van der Waals surface area contributed by atoms with E-state index in [4.69, 9.17) is 0 Å². The number of carbonyl (C=O) groups excluding carboxylic acids is 1. The maximum absolute atomic E-state index is 13.3. The molecule has 0 saturated carbocycles. The minimum Gasteiger partial charge on any atom is -0.282 e. The molecule has 0 spiro atoms. The predicted molar refractivity (Wildman–Crippen MR) is 122 cm³/mol. The summed E-state index contributed by atoms with van der Waals surface area (Å²) in [5.74, 6) is -0.943. The van der Waals surface area contributed by atoms with Crippen LogP contribution in [0.1, 0.15) is 17.5 Å². The second kappa shape index (κ2) is 8.31. The Morgan fingerprint density at radius 1 is 1.14 bits per heavy atom. The topological polar surface area (TPSA) is 235 Å². The van der Waals surface area contributed by atoms with Crippen LogP contribution >= 0.6 is 0 Å². The van der Waals surface area contributed by atoms with Gasteiger partial charge in [-0.25, -0.2) is 4.98 Å². The smallest absolute Gasteiger partial charge is 0.282 e. The van der Waals surface area contributed by atoms with Gasteiger partial charge in [-0.3, -0.25) is 34.0 Å². The Kier molecular flexibility index (Phi) is 5.69. The SMILES string of the molecule is CC1=C(C#N)c2nc3cc(S(=O)(=O)O)ccc3n2C(=O)/C1=N/Nc1ccc([N+](=O)[O-])cc1S(=O)(=O)O. The molecule has 2 heterocycles. The van der Waals surface area contributed by atoms with Gasteiger partial charge in [-0.05, 0) is 31.2 Å². The molecule has 1 aromatic heterocycles. The van der Waals surface area contributed by atoms with E-state index >= 15 is 0 Å². The number of nitriles is 1. The summed E-state index contributed by atoms with van der Waals surface area (Å²) in [5, 5.41) is 24.5. The lowest BCUT2D eigenvalue weighted by Crippen LogP contribution is -2.30. The van der Waals surface area contributed by atoms with Crippen LogP contribution in [0.25, 0.3) is 16.6 Å². The van der Waals surface area contributed by atoms with E-state index in [0.717, 1.165) is 28.8 Å². The second-order valence-electron chi connectivity index (χ2n) is 7.30. The number of rotatable bonds is 5. The van der Waals surface area contributed by atoms with Crippen molar-refractivity contribution in [1.29, 1.82) is 5.26 Å². The maximum atomic E-state index is 13.3. The van der Waals surface area contributed by atoms with E-state index in [1.807, 2.05) is 6.07 Å². The fourth-order valence-corrected chi connectivity index (χ4v) is 4.62. The summed E-state index contributed by atoms with van der Waals surface area (Å²) < 4.78 is 66.1. The van der Waals surface area contributed by atoms with Gasteiger partial charge in [0.2, 0.25) is 0 Å². The molecule has 36 heavy (non-hydrogen) atoms. The van der Waals surface area contributed by atoms with Crippen LogP contribution in [-0.2, 0) is 20.2 Å². The van der Waals surface area contributed by atoms with E-state index in [2.05, 4.69) is 15.5 Å². The number of hydrogen-bond acceptors (Lipinski definition) is 11. The monoisotopic (exact) mass is 532 g/mol. The number of hydrazone groups is 1. The standard InChI is InChI=1S/C19H12N6O9S2/c1-9-12(8-20)18-21-14-7-11(35(29,30)31)3-5-15(14)24(18)19(26)17(9)23-22-13-4-2-10(25(27)28)6-16(13)36(32,33)34/h2-7,22H,1H3,(H,29,30,31)(H,32,33,34)/b23-17+. The first kappa shape index (κ1) is 24.6. The van der Waals surface area contributed by atoms with Gasteiger partial charge in [-0.15, -0.1) is 0 Å². The lowest BCUT2D eigenvalue weighted by molar-refractivity contribution is -0.385. The zero-order chi connectivity index (χ0) is 26.6. The molecule has 3 aromatic rings. The fourth-order valence-electron chi connectivity index (χ4n) is 3.46. The van der Waals surface area contributed by atoms with E-state index in [0.29, 0.717) is 6.07 Å². The number of aromatic nitrogens is 2. The lowest BCUT2D eigenvalue weighted by atomic mass is 10.0. The number of imidazole rings is 1. The number of benzene rings is 2. The number of anilines is 1. The highest BCUT2D eigenvalue weighted by atomic mass is 32.2. The number of carbonyl (C=O) groups is 1. The van der Waals surface area contributed by atoms with Crippen molar-refractivity contribution in [1.82, 2.24) is 9.55 Å². The van der Waals surface area contributed by atoms with Crippen LogP contribution in [-0.4, -0.2) is 52.0 Å². The Bertz CT molecular complexity index is 1830. The number of allylic oxidation sites excluding steroid dienone is 2. The summed E-state index contributed by atoms with van der Waals surface area (Å²) in [5.41, 5.74) is 0.874. The van der Waals surface area contributed by atoms with Crippen molar-refractivity contribution in [2.45, 2.75) is 16.7 Å². The number of hydrogen-bond donors (Lipinski definition) is 3. The highest BCUT2D eigenvalue weighted by Crippen LogP contribution is 2.31. The molecule has 4 rings (SSSR count). The largest absolute Gasteiger partial charge is 0.296 e. The number of nitro groups is 1. The molecule has 184 valence electrons. The third-order valence-corrected chi connectivity index (χ3v) is 6.88. The van der Waals surface area contributed by atoms with Crippen LogP contribution < -0.4 is 5.43 Å². The number of nitrogens with zero attached hydrogens (tertiary/aromatic N) is 5. The molecular formula is C19H12N6O9S2. The fraction of sp³-hybridized carbons (Fsp3) is 0.0526. The third-order valence-electron chi connectivity index (χ3n) is 5.14. The van der Waals surface area contributed by atoms with Gasteiger partial charge in [0.15, 0.2) is 11.5 Å². The highest BCUT2D eigenvalue weighted by molar-refractivity contribution is 7.86. The van der Waals surface area contributed by atoms with Crippen LogP contribution in [0.4, 0.5) is 11.4 Å². The second-order valence-corrected chi connectivity index (χ2v) is 10.1. The first-order valence-corrected chi connectivity index (χ1v) is 12.4. The molecule has 17 heteroatoms. The molecule has 0 amide bonds. The van der Waals surface area contributed by atoms with Crippen molar-refractivity contribution in [3.8, 4) is 6.07 Å². The molecule has 0 bridgehead atoms. The van der Waals surface area contributed by atoms with Gasteiger partial charge in [0.1, 0.15) is 16.5 Å². The molecule has 0 radical (unpaired) electrons. The summed E-state index contributed by atoms with van der Waals surface area (Å²) in [7, 11) is -9.51. The van der Waals surface area contributed by atoms with Crippen LogP contribution in [0.3, 0.4) is 0 Å². The van der Waals surface area contributed by atoms with E-state index < -0.39 is 52.2 Å². The van der Waals surface area contributed by atoms with Crippen LogP contribution in [0.15, 0.2) is 56.9 Å². The summed E-state index contributed by atoms with van der Waals surface area (Å²) >= 11 is 0. The van der Waals surface area contributed by atoms with Crippen molar-refractivity contribution in [2.24, 2.45) is 5.10 Å². The Morgan fingerprint density at radius 2 is 1.83 bits per heavy atom. The molecule has 1 aliphatic rings. The van der Waals surface area contributed by atoms with Gasteiger partial charge in [0, 0.05) is 17.7 Å². The van der Waals surface area contributed by atoms with Gasteiger partial charge < -0.3 is 0 Å². The Morgan fingerprint density at radius 3 is 2.42 bits per heavy atom. The van der Waals surface area contributed by atoms with Crippen molar-refractivity contribution in [2.75, 3.05) is 5.43 Å². The van der Waals surface area contributed by atoms with Gasteiger partial charge >= 0.3 is 0 Å². The van der Waals surface area contributed by atoms with Crippen LogP contribution in [0, 0.1) is 21.4 Å². The summed E-state index contributed by atoms with van der Waals surface area (Å²) in [4.78, 5) is 26.2. The Balaban J connectivity index is 1.86. The number of nitro benzene ring substituents is 1. The van der Waals surface area contributed by atoms with Gasteiger partial charge in [0.05, 0.1) is 26.5 Å². The average Bonchev–Trinajstić information content (AvgIpc) is 3.16. The first-order chi connectivity index (χ1) is 16.7. The lowest BCUT2D eigenvalue weighted by Gasteiger charge is -2.17. The molecule has 0 atom stereocenters. The zero-order valence-electron chi connectivity index (χ0n) is 17.8. The summed E-state index contributed by atoms with van der Waals surface area (Å²) in [6.45, 7) is 1.36. The van der Waals surface area contributed by atoms with Crippen molar-refractivity contribution < 1.29 is 35.7 Å². The van der Waals surface area contributed by atoms with E-state index in [9.17, 15) is 46.1 Å². The van der Waals surface area contributed by atoms with Gasteiger partial charge in [-0.2, -0.15) is 27.2 Å². The normalized spacial score (nSPS) is 15.2. The molecule has 15 nitrogen and oxygen atoms in total. The van der Waals surface area contributed by atoms with Crippen molar-refractivity contribution in [3.63, 3.8) is 0 Å². The molecule has 3 N–H and O–H groups in total. The molecule has 0 fully saturated rings. The molecule has 0 saturated heterocycles. The minimum absolute atomic E-state index is 0.0211. The van der Waals surface area contributed by atoms with E-state index in [-0.39, 0.29) is 33.7 Å². The molecule has 0 aliphatic carbocycles. The Labute approximate surface area is 201 Å². The molecule has 2 aromatic carbocycles. The molecular weight excluding hydrogens is 520 g/mol. The number of fused-ring (bicyclic) bond motifs is 3. The van der Waals surface area contributed by atoms with Crippen molar-refractivity contribution in [3.05, 3.63) is 57.9 Å². The quantitative estimate of drug-likeness (QED) is 0.242. The number of non-ortho nitro benzene ring substituents is 1. The third kappa shape index (κ3) is 4.09. The highest BCUT2D eigenvalue weighted by Gasteiger charge is 2.33. The van der Waals surface area contributed by atoms with Crippen molar-refractivity contribution >= 4 is 59.8 Å². The maximum Gasteiger partial charge on any atom is 0.296 e. The van der Waals surface area contributed by atoms with Gasteiger partial charge in [0.25, 0.3) is 31.8 Å². The minimum atomic E-state index is -4.94. The summed E-state index contributed by atoms with van der Waals surface area (Å²) in [6.07, 6.45) is 0. The first-order valence-electron chi connectivity index (χ1n) is 9.50. The predicted octanol–water partition coefficient (Wildman–Crippen LogP) is 1.86. The Hall–Kier alpha value is -4.50. The van der Waals surface area contributed by atoms with Crippen LogP contribution in [0.5, 0.6) is 0 Å². The molecule has 1 aliphatic heterocycles. The van der Waals surface area contributed by atoms with Crippen LogP contribution in [0.2, 0.25) is 0 Å². The van der Waals surface area contributed by atoms with E-state index in [1.54, 1.807) is 0 Å². The zero-order valence-corrected chi connectivity index (χ0v) is 19.4. The van der Waals surface area contributed by atoms with Gasteiger partial charge in [-0.1, -0.05) is 0 Å².